The number of hydrogen-bond acceptors (Lipinski definition) is 6. The number of esters is 1. The molecule has 4 unspecified atom stereocenters. The molecule has 1 N–H and O–H groups in total. The van der Waals surface area contributed by atoms with Gasteiger partial charge in [0.15, 0.2) is 6.23 Å². The van der Waals surface area contributed by atoms with Crippen LogP contribution in [0.1, 0.15) is 59.8 Å². The normalized spacial score (nSPS) is 25.8. The van der Waals surface area contributed by atoms with E-state index in [0.717, 1.165) is 18.4 Å². The molecule has 184 valence electrons. The average molecular weight is 479 g/mol. The van der Waals surface area contributed by atoms with E-state index in [0.29, 0.717) is 24.0 Å². The molecule has 2 aromatic rings. The third-order valence-electron chi connectivity index (χ3n) is 7.66. The van der Waals surface area contributed by atoms with Gasteiger partial charge in [-0.1, -0.05) is 48.5 Å². The Balaban J connectivity index is 1.32. The predicted molar refractivity (Wildman–Crippen MR) is 126 cm³/mol. The van der Waals surface area contributed by atoms with Gasteiger partial charge in [0.2, 0.25) is 0 Å². The summed E-state index contributed by atoms with van der Waals surface area (Å²) in [5.41, 5.74) is 1.94. The summed E-state index contributed by atoms with van der Waals surface area (Å²) < 4.78 is 10.5. The summed E-state index contributed by atoms with van der Waals surface area (Å²) in [6, 6.07) is 16.0. The summed E-state index contributed by atoms with van der Waals surface area (Å²) >= 11 is 0. The van der Waals surface area contributed by atoms with Gasteiger partial charge in [-0.2, -0.15) is 0 Å². The number of amides is 2. The van der Waals surface area contributed by atoms with Crippen LogP contribution in [-0.4, -0.2) is 58.1 Å². The highest BCUT2D eigenvalue weighted by Crippen LogP contribution is 2.45. The highest BCUT2D eigenvalue weighted by atomic mass is 16.6. The molecule has 35 heavy (non-hydrogen) atoms. The van der Waals surface area contributed by atoms with Gasteiger partial charge in [-0.05, 0) is 43.2 Å². The number of ether oxygens (including phenoxy) is 2. The second-order valence-electron chi connectivity index (χ2n) is 9.58. The summed E-state index contributed by atoms with van der Waals surface area (Å²) in [6.07, 6.45) is 1.52. The van der Waals surface area contributed by atoms with Crippen molar-refractivity contribution in [3.63, 3.8) is 0 Å². The molecular formula is C27H30N2O6. The Kier molecular flexibility index (Phi) is 6.47. The largest absolute Gasteiger partial charge is 0.469 e. The van der Waals surface area contributed by atoms with Gasteiger partial charge < -0.3 is 24.4 Å². The molecule has 2 aromatic carbocycles. The van der Waals surface area contributed by atoms with Crippen LogP contribution < -0.4 is 0 Å². The third-order valence-corrected chi connectivity index (χ3v) is 7.66. The first-order chi connectivity index (χ1) is 17.0. The number of aliphatic hydroxyl groups excluding tert-OH is 1. The summed E-state index contributed by atoms with van der Waals surface area (Å²) in [4.78, 5) is 41.9. The molecule has 3 aliphatic heterocycles. The van der Waals surface area contributed by atoms with E-state index in [-0.39, 0.29) is 43.0 Å². The number of carbonyl (C=O) groups is 3. The van der Waals surface area contributed by atoms with E-state index >= 15 is 0 Å². The molecule has 2 saturated heterocycles. The van der Waals surface area contributed by atoms with Crippen LogP contribution in [0, 0.1) is 5.92 Å². The van der Waals surface area contributed by atoms with E-state index in [9.17, 15) is 19.5 Å². The van der Waals surface area contributed by atoms with Crippen LogP contribution in [0.2, 0.25) is 0 Å². The first kappa shape index (κ1) is 23.4. The standard InChI is InChI=1S/C27H30N2O6/c1-34-24(30)15-23(29-25(31)21-9-5-6-10-22(21)26(29)32)18-13-19-11-12-20(14-18)28(19)27(33)35-16-17-7-3-2-4-8-17/h2-10,18-20,23,25,31H,11-16H2,1H3. The van der Waals surface area contributed by atoms with E-state index < -0.39 is 18.2 Å². The second kappa shape index (κ2) is 9.70. The highest BCUT2D eigenvalue weighted by Gasteiger charge is 2.50. The lowest BCUT2D eigenvalue weighted by atomic mass is 9.82. The quantitative estimate of drug-likeness (QED) is 0.637. The maximum Gasteiger partial charge on any atom is 0.410 e. The molecule has 3 aliphatic rings. The molecular weight excluding hydrogens is 448 g/mol. The van der Waals surface area contributed by atoms with Crippen LogP contribution >= 0.6 is 0 Å². The molecule has 5 rings (SSSR count). The Labute approximate surface area is 204 Å². The Morgan fingerprint density at radius 1 is 1.03 bits per heavy atom. The first-order valence-electron chi connectivity index (χ1n) is 12.1. The van der Waals surface area contributed by atoms with Crippen molar-refractivity contribution in [3.05, 3.63) is 71.3 Å². The van der Waals surface area contributed by atoms with Crippen LogP contribution in [0.5, 0.6) is 0 Å². The number of piperidine rings is 1. The second-order valence-corrected chi connectivity index (χ2v) is 9.58. The minimum Gasteiger partial charge on any atom is -0.469 e. The lowest BCUT2D eigenvalue weighted by Gasteiger charge is -2.44. The maximum absolute atomic E-state index is 13.3. The van der Waals surface area contributed by atoms with Gasteiger partial charge in [0, 0.05) is 29.3 Å². The lowest BCUT2D eigenvalue weighted by molar-refractivity contribution is -0.143. The fourth-order valence-corrected chi connectivity index (χ4v) is 6.02. The van der Waals surface area contributed by atoms with E-state index in [1.165, 1.54) is 12.0 Å². The van der Waals surface area contributed by atoms with E-state index in [4.69, 9.17) is 9.47 Å². The molecule has 0 aromatic heterocycles. The van der Waals surface area contributed by atoms with E-state index in [1.807, 2.05) is 35.2 Å². The van der Waals surface area contributed by atoms with Gasteiger partial charge in [-0.25, -0.2) is 4.79 Å². The number of benzene rings is 2. The van der Waals surface area contributed by atoms with Gasteiger partial charge in [0.1, 0.15) is 6.61 Å². The molecule has 2 amide bonds. The van der Waals surface area contributed by atoms with Crippen molar-refractivity contribution in [2.24, 2.45) is 5.92 Å². The molecule has 4 atom stereocenters. The molecule has 3 heterocycles. The number of rotatable bonds is 6. The zero-order valence-electron chi connectivity index (χ0n) is 19.7. The number of nitrogens with zero attached hydrogens (tertiary/aromatic N) is 2. The van der Waals surface area contributed by atoms with E-state index in [2.05, 4.69) is 0 Å². The number of hydrogen-bond donors (Lipinski definition) is 1. The number of fused-ring (bicyclic) bond motifs is 3. The van der Waals surface area contributed by atoms with Crippen molar-refractivity contribution in [2.75, 3.05) is 7.11 Å². The maximum atomic E-state index is 13.3. The number of aliphatic hydroxyl groups is 1. The lowest BCUT2D eigenvalue weighted by Crippen LogP contribution is -2.53. The molecule has 0 saturated carbocycles. The molecule has 2 bridgehead atoms. The van der Waals surface area contributed by atoms with Crippen LogP contribution in [0.3, 0.4) is 0 Å². The van der Waals surface area contributed by atoms with Crippen molar-refractivity contribution in [2.45, 2.75) is 63.1 Å². The van der Waals surface area contributed by atoms with Crippen LogP contribution in [0.15, 0.2) is 54.6 Å². The van der Waals surface area contributed by atoms with Crippen molar-refractivity contribution in [1.82, 2.24) is 9.80 Å². The summed E-state index contributed by atoms with van der Waals surface area (Å²) in [5.74, 6) is -0.764. The Morgan fingerprint density at radius 2 is 1.69 bits per heavy atom. The molecule has 0 aliphatic carbocycles. The summed E-state index contributed by atoms with van der Waals surface area (Å²) in [5, 5.41) is 11.0. The van der Waals surface area contributed by atoms with Gasteiger partial charge in [0.05, 0.1) is 13.5 Å². The predicted octanol–water partition coefficient (Wildman–Crippen LogP) is 3.64. The van der Waals surface area contributed by atoms with E-state index in [1.54, 1.807) is 24.3 Å². The van der Waals surface area contributed by atoms with Crippen LogP contribution in [-0.2, 0) is 20.9 Å². The van der Waals surface area contributed by atoms with Crippen molar-refractivity contribution in [3.8, 4) is 0 Å². The monoisotopic (exact) mass is 478 g/mol. The SMILES string of the molecule is COC(=O)CC(C1CC2CCC(C1)N2C(=O)OCc1ccccc1)N1C(=O)c2ccccc2C1O. The Bertz CT molecular complexity index is 1090. The fourth-order valence-electron chi connectivity index (χ4n) is 6.02. The van der Waals surface area contributed by atoms with Crippen molar-refractivity contribution < 1.29 is 29.0 Å². The van der Waals surface area contributed by atoms with Crippen LogP contribution in [0.25, 0.3) is 0 Å². The number of carbonyl (C=O) groups excluding carboxylic acids is 3. The molecule has 8 nitrogen and oxygen atoms in total. The summed E-state index contributed by atoms with van der Waals surface area (Å²) in [6.45, 7) is 0.219. The highest BCUT2D eigenvalue weighted by molar-refractivity contribution is 5.99. The zero-order chi connectivity index (χ0) is 24.5. The molecule has 8 heteroatoms. The van der Waals surface area contributed by atoms with Gasteiger partial charge in [-0.15, -0.1) is 0 Å². The van der Waals surface area contributed by atoms with Crippen molar-refractivity contribution in [1.29, 1.82) is 0 Å². The minimum absolute atomic E-state index is 0.00412. The number of methoxy groups -OCH3 is 1. The van der Waals surface area contributed by atoms with Crippen LogP contribution in [0.4, 0.5) is 4.79 Å². The Hall–Kier alpha value is -3.39. The minimum atomic E-state index is -1.11. The molecule has 2 fully saturated rings. The summed E-state index contributed by atoms with van der Waals surface area (Å²) in [7, 11) is 1.32. The Morgan fingerprint density at radius 3 is 2.34 bits per heavy atom. The average Bonchev–Trinajstić information content (AvgIpc) is 3.30. The van der Waals surface area contributed by atoms with Crippen molar-refractivity contribution >= 4 is 18.0 Å². The zero-order valence-corrected chi connectivity index (χ0v) is 19.7. The molecule has 0 spiro atoms. The van der Waals surface area contributed by atoms with Gasteiger partial charge >= 0.3 is 12.1 Å². The topological polar surface area (TPSA) is 96.4 Å². The molecule has 0 radical (unpaired) electrons. The fraction of sp³-hybridized carbons (Fsp3) is 0.444. The van der Waals surface area contributed by atoms with Gasteiger partial charge in [-0.3, -0.25) is 9.59 Å². The van der Waals surface area contributed by atoms with Gasteiger partial charge in [0.25, 0.3) is 5.91 Å². The third kappa shape index (κ3) is 4.38. The smallest absolute Gasteiger partial charge is 0.410 e. The first-order valence-corrected chi connectivity index (χ1v) is 12.1.